The molecular formula is C21H25N5O. The predicted octanol–water partition coefficient (Wildman–Crippen LogP) is 3.04. The molecule has 1 aromatic carbocycles. The molecule has 1 saturated heterocycles. The van der Waals surface area contributed by atoms with Crippen LogP contribution in [0.3, 0.4) is 0 Å². The Morgan fingerprint density at radius 1 is 1.26 bits per heavy atom. The van der Waals surface area contributed by atoms with Gasteiger partial charge in [0.2, 0.25) is 0 Å². The first kappa shape index (κ1) is 17.5. The Balaban J connectivity index is 1.55. The number of Topliss-reactive ketones (excluding diaryl/α,β-unsaturated/α-hetero) is 1. The van der Waals surface area contributed by atoms with E-state index in [-0.39, 0.29) is 11.8 Å². The molecule has 6 heteroatoms. The number of piperazine rings is 1. The summed E-state index contributed by atoms with van der Waals surface area (Å²) in [6.45, 7) is 6.38. The molecule has 2 aromatic heterocycles. The third-order valence-corrected chi connectivity index (χ3v) is 4.82. The molecular weight excluding hydrogens is 338 g/mol. The fourth-order valence-electron chi connectivity index (χ4n) is 3.58. The second-order valence-corrected chi connectivity index (χ2v) is 7.26. The van der Waals surface area contributed by atoms with Gasteiger partial charge in [0, 0.05) is 42.8 Å². The van der Waals surface area contributed by atoms with Gasteiger partial charge in [-0.1, -0.05) is 18.2 Å². The minimum Gasteiger partial charge on any atom is -0.380 e. The lowest BCUT2D eigenvalue weighted by Gasteiger charge is -2.34. The van der Waals surface area contributed by atoms with Gasteiger partial charge in [-0.25, -0.2) is 4.98 Å². The number of benzene rings is 1. The molecule has 0 saturated carbocycles. The number of aromatic nitrogens is 2. The highest BCUT2D eigenvalue weighted by molar-refractivity contribution is 6.03. The average molecular weight is 363 g/mol. The monoisotopic (exact) mass is 363 g/mol. The zero-order valence-electron chi connectivity index (χ0n) is 15.7. The lowest BCUT2D eigenvalue weighted by Crippen LogP contribution is -2.54. The number of pyridine rings is 1. The topological polar surface area (TPSA) is 73.1 Å². The lowest BCUT2D eigenvalue weighted by atomic mass is 10.1. The molecule has 0 amide bonds. The molecule has 1 aliphatic heterocycles. The maximum absolute atomic E-state index is 13.1. The molecule has 3 aromatic rings. The van der Waals surface area contributed by atoms with Crippen molar-refractivity contribution in [3.63, 3.8) is 0 Å². The summed E-state index contributed by atoms with van der Waals surface area (Å²) in [6, 6.07) is 13.9. The number of hydrogen-bond donors (Lipinski definition) is 3. The molecule has 4 rings (SSSR count). The SMILES string of the molecule is CC(C)Nc1cccnc1N1CCNC(C(=O)c2cc3ccccc3[nH]2)C1. The Hall–Kier alpha value is -2.86. The summed E-state index contributed by atoms with van der Waals surface area (Å²) >= 11 is 0. The number of carbonyl (C=O) groups excluding carboxylic acids is 1. The summed E-state index contributed by atoms with van der Waals surface area (Å²) < 4.78 is 0. The minimum atomic E-state index is -0.263. The molecule has 3 heterocycles. The van der Waals surface area contributed by atoms with Gasteiger partial charge in [-0.2, -0.15) is 0 Å². The van der Waals surface area contributed by atoms with E-state index in [2.05, 4.69) is 39.3 Å². The normalized spacial score (nSPS) is 17.4. The highest BCUT2D eigenvalue weighted by atomic mass is 16.1. The van der Waals surface area contributed by atoms with Gasteiger partial charge in [0.1, 0.15) is 0 Å². The smallest absolute Gasteiger partial charge is 0.197 e. The van der Waals surface area contributed by atoms with Crippen LogP contribution < -0.4 is 15.5 Å². The fraction of sp³-hybridized carbons (Fsp3) is 0.333. The summed E-state index contributed by atoms with van der Waals surface area (Å²) in [7, 11) is 0. The van der Waals surface area contributed by atoms with E-state index in [1.165, 1.54) is 0 Å². The second-order valence-electron chi connectivity index (χ2n) is 7.26. The van der Waals surface area contributed by atoms with Crippen molar-refractivity contribution in [2.45, 2.75) is 25.9 Å². The van der Waals surface area contributed by atoms with Gasteiger partial charge in [-0.05, 0) is 38.1 Å². The van der Waals surface area contributed by atoms with Crippen molar-refractivity contribution in [3.8, 4) is 0 Å². The Morgan fingerprint density at radius 3 is 2.93 bits per heavy atom. The van der Waals surface area contributed by atoms with Crippen LogP contribution in [0, 0.1) is 0 Å². The first-order valence-corrected chi connectivity index (χ1v) is 9.43. The lowest BCUT2D eigenvalue weighted by molar-refractivity contribution is 0.0935. The van der Waals surface area contributed by atoms with E-state index in [1.54, 1.807) is 6.20 Å². The molecule has 140 valence electrons. The molecule has 0 aliphatic carbocycles. The van der Waals surface area contributed by atoms with Crippen LogP contribution >= 0.6 is 0 Å². The third kappa shape index (κ3) is 3.66. The van der Waals surface area contributed by atoms with Gasteiger partial charge < -0.3 is 20.5 Å². The van der Waals surface area contributed by atoms with Crippen molar-refractivity contribution in [1.82, 2.24) is 15.3 Å². The number of nitrogens with one attached hydrogen (secondary N) is 3. The molecule has 6 nitrogen and oxygen atoms in total. The fourth-order valence-corrected chi connectivity index (χ4v) is 3.58. The van der Waals surface area contributed by atoms with Crippen LogP contribution in [-0.2, 0) is 0 Å². The first-order chi connectivity index (χ1) is 13.1. The quantitative estimate of drug-likeness (QED) is 0.608. The van der Waals surface area contributed by atoms with Gasteiger partial charge in [-0.3, -0.25) is 4.79 Å². The molecule has 0 spiro atoms. The molecule has 0 radical (unpaired) electrons. The van der Waals surface area contributed by atoms with Gasteiger partial charge in [0.05, 0.1) is 17.4 Å². The molecule has 1 fully saturated rings. The van der Waals surface area contributed by atoms with Crippen LogP contribution in [0.4, 0.5) is 11.5 Å². The van der Waals surface area contributed by atoms with Crippen molar-refractivity contribution < 1.29 is 4.79 Å². The summed E-state index contributed by atoms with van der Waals surface area (Å²) in [6.07, 6.45) is 1.80. The van der Waals surface area contributed by atoms with Crippen molar-refractivity contribution >= 4 is 28.2 Å². The van der Waals surface area contributed by atoms with Crippen molar-refractivity contribution in [2.24, 2.45) is 0 Å². The Morgan fingerprint density at radius 2 is 2.11 bits per heavy atom. The van der Waals surface area contributed by atoms with Gasteiger partial charge in [0.25, 0.3) is 0 Å². The molecule has 1 unspecified atom stereocenters. The van der Waals surface area contributed by atoms with E-state index in [4.69, 9.17) is 0 Å². The highest BCUT2D eigenvalue weighted by Crippen LogP contribution is 2.25. The summed E-state index contributed by atoms with van der Waals surface area (Å²) in [5.41, 5.74) is 2.64. The first-order valence-electron chi connectivity index (χ1n) is 9.43. The van der Waals surface area contributed by atoms with Crippen molar-refractivity contribution in [2.75, 3.05) is 29.9 Å². The van der Waals surface area contributed by atoms with Crippen LogP contribution in [0.25, 0.3) is 10.9 Å². The predicted molar refractivity (Wildman–Crippen MR) is 110 cm³/mol. The summed E-state index contributed by atoms with van der Waals surface area (Å²) in [5, 5.41) is 7.87. The summed E-state index contributed by atoms with van der Waals surface area (Å²) in [5.74, 6) is 0.993. The number of para-hydroxylation sites is 1. The molecule has 1 atom stereocenters. The Kier molecular flexibility index (Phi) is 4.81. The number of ketones is 1. The zero-order valence-corrected chi connectivity index (χ0v) is 15.7. The van der Waals surface area contributed by atoms with Crippen molar-refractivity contribution in [3.05, 3.63) is 54.4 Å². The summed E-state index contributed by atoms with van der Waals surface area (Å²) in [4.78, 5) is 23.1. The molecule has 0 bridgehead atoms. The molecule has 27 heavy (non-hydrogen) atoms. The van der Waals surface area contributed by atoms with Gasteiger partial charge >= 0.3 is 0 Å². The third-order valence-electron chi connectivity index (χ3n) is 4.82. The Labute approximate surface area is 159 Å². The average Bonchev–Trinajstić information content (AvgIpc) is 3.12. The Bertz CT molecular complexity index is 915. The van der Waals surface area contributed by atoms with E-state index in [0.29, 0.717) is 18.3 Å². The van der Waals surface area contributed by atoms with Crippen LogP contribution in [0.5, 0.6) is 0 Å². The zero-order chi connectivity index (χ0) is 18.8. The maximum Gasteiger partial charge on any atom is 0.197 e. The van der Waals surface area contributed by atoms with Crippen LogP contribution in [0.2, 0.25) is 0 Å². The van der Waals surface area contributed by atoms with E-state index in [0.717, 1.165) is 35.5 Å². The number of carbonyl (C=O) groups is 1. The van der Waals surface area contributed by atoms with E-state index in [9.17, 15) is 4.79 Å². The molecule has 1 aliphatic rings. The number of fused-ring (bicyclic) bond motifs is 1. The minimum absolute atomic E-state index is 0.0881. The second kappa shape index (κ2) is 7.40. The number of nitrogens with zero attached hydrogens (tertiary/aromatic N) is 2. The number of H-pyrrole nitrogens is 1. The number of hydrogen-bond acceptors (Lipinski definition) is 5. The largest absolute Gasteiger partial charge is 0.380 e. The van der Waals surface area contributed by atoms with Crippen LogP contribution in [-0.4, -0.2) is 47.5 Å². The van der Waals surface area contributed by atoms with Crippen LogP contribution in [0.15, 0.2) is 48.7 Å². The number of aromatic amines is 1. The number of rotatable bonds is 5. The maximum atomic E-state index is 13.1. The van der Waals surface area contributed by atoms with E-state index < -0.39 is 0 Å². The molecule has 3 N–H and O–H groups in total. The van der Waals surface area contributed by atoms with Gasteiger partial charge in [0.15, 0.2) is 11.6 Å². The van der Waals surface area contributed by atoms with Gasteiger partial charge in [-0.15, -0.1) is 0 Å². The number of anilines is 2. The van der Waals surface area contributed by atoms with Crippen LogP contribution in [0.1, 0.15) is 24.3 Å². The van der Waals surface area contributed by atoms with E-state index >= 15 is 0 Å². The highest BCUT2D eigenvalue weighted by Gasteiger charge is 2.28. The van der Waals surface area contributed by atoms with Crippen molar-refractivity contribution in [1.29, 1.82) is 0 Å². The standard InChI is InChI=1S/C21H25N5O/c1-14(2)24-17-8-5-9-23-21(17)26-11-10-22-19(13-26)20(27)18-12-15-6-3-4-7-16(15)25-18/h3-9,12,14,19,22,24-25H,10-11,13H2,1-2H3. The van der Waals surface area contributed by atoms with E-state index in [1.807, 2.05) is 42.5 Å².